The summed E-state index contributed by atoms with van der Waals surface area (Å²) in [5.74, 6) is 2.19. The quantitative estimate of drug-likeness (QED) is 0.715. The molecular weight excluding hydrogens is 416 g/mol. The van der Waals surface area contributed by atoms with Gasteiger partial charge in [-0.1, -0.05) is 11.6 Å². The molecule has 0 N–H and O–H groups in total. The third kappa shape index (κ3) is 4.85. The zero-order chi connectivity index (χ0) is 22.0. The number of halogens is 1. The van der Waals surface area contributed by atoms with Crippen LogP contribution >= 0.6 is 11.6 Å². The van der Waals surface area contributed by atoms with Gasteiger partial charge in [-0.2, -0.15) is 4.98 Å². The van der Waals surface area contributed by atoms with Crippen LogP contribution in [0.25, 0.3) is 0 Å². The van der Waals surface area contributed by atoms with Gasteiger partial charge in [-0.05, 0) is 32.2 Å². The Morgan fingerprint density at radius 3 is 2.32 bits per heavy atom. The van der Waals surface area contributed by atoms with E-state index in [9.17, 15) is 4.79 Å². The summed E-state index contributed by atoms with van der Waals surface area (Å²) in [4.78, 5) is 31.2. The maximum Gasteiger partial charge on any atom is 0.257 e. The summed E-state index contributed by atoms with van der Waals surface area (Å²) in [6, 6.07) is 7.18. The van der Waals surface area contributed by atoms with Crippen molar-refractivity contribution < 1.29 is 9.53 Å². The lowest BCUT2D eigenvalue weighted by Gasteiger charge is -2.36. The molecule has 2 aliphatic heterocycles. The lowest BCUT2D eigenvalue weighted by atomic mass is 10.1. The molecule has 4 rings (SSSR count). The monoisotopic (exact) mass is 444 g/mol. The Kier molecular flexibility index (Phi) is 6.48. The Bertz CT molecular complexity index is 940. The van der Waals surface area contributed by atoms with Gasteiger partial charge in [-0.25, -0.2) is 4.98 Å². The third-order valence-electron chi connectivity index (χ3n) is 5.90. The van der Waals surface area contributed by atoms with Crippen molar-refractivity contribution in [3.05, 3.63) is 40.5 Å². The number of ether oxygens (including phenoxy) is 1. The predicted octanol–water partition coefficient (Wildman–Crippen LogP) is 2.16. The largest absolute Gasteiger partial charge is 0.496 e. The SMILES string of the molecule is COc1ccc(Cl)cc1C(=O)N1CCN(c2nc(C)cc(N3CCN(C)CC3)n2)CC1. The number of nitrogens with zero attached hydrogens (tertiary/aromatic N) is 6. The number of benzene rings is 1. The number of rotatable bonds is 4. The Balaban J connectivity index is 1.44. The van der Waals surface area contributed by atoms with Crippen LogP contribution in [0.5, 0.6) is 5.75 Å². The maximum atomic E-state index is 13.0. The fraction of sp³-hybridized carbons (Fsp3) is 0.500. The summed E-state index contributed by atoms with van der Waals surface area (Å²) >= 11 is 6.10. The minimum Gasteiger partial charge on any atom is -0.496 e. The fourth-order valence-electron chi connectivity index (χ4n) is 4.00. The van der Waals surface area contributed by atoms with Crippen LogP contribution in [-0.2, 0) is 0 Å². The normalized spacial score (nSPS) is 17.7. The molecular formula is C22H29ClN6O2. The van der Waals surface area contributed by atoms with E-state index in [1.807, 2.05) is 11.8 Å². The van der Waals surface area contributed by atoms with Gasteiger partial charge in [0.2, 0.25) is 5.95 Å². The van der Waals surface area contributed by atoms with Gasteiger partial charge in [0.25, 0.3) is 5.91 Å². The van der Waals surface area contributed by atoms with Gasteiger partial charge in [-0.3, -0.25) is 4.79 Å². The highest BCUT2D eigenvalue weighted by Crippen LogP contribution is 2.25. The number of likely N-dealkylation sites (N-methyl/N-ethyl adjacent to an activating group) is 1. The summed E-state index contributed by atoms with van der Waals surface area (Å²) in [5, 5.41) is 0.521. The summed E-state index contributed by atoms with van der Waals surface area (Å²) in [5.41, 5.74) is 1.45. The van der Waals surface area contributed by atoms with E-state index in [2.05, 4.69) is 32.8 Å². The van der Waals surface area contributed by atoms with Gasteiger partial charge in [0.15, 0.2) is 0 Å². The van der Waals surface area contributed by atoms with Crippen LogP contribution in [0.2, 0.25) is 5.02 Å². The molecule has 31 heavy (non-hydrogen) atoms. The molecule has 3 heterocycles. The van der Waals surface area contributed by atoms with Crippen LogP contribution in [-0.4, -0.2) is 92.2 Å². The van der Waals surface area contributed by atoms with Crippen molar-refractivity contribution in [2.24, 2.45) is 0 Å². The minimum atomic E-state index is -0.0673. The average Bonchev–Trinajstić information content (AvgIpc) is 2.78. The second-order valence-electron chi connectivity index (χ2n) is 8.08. The summed E-state index contributed by atoms with van der Waals surface area (Å²) in [6.45, 7) is 8.56. The number of aryl methyl sites for hydroxylation is 1. The molecule has 0 atom stereocenters. The Morgan fingerprint density at radius 1 is 0.968 bits per heavy atom. The number of piperazine rings is 2. The number of anilines is 2. The van der Waals surface area contributed by atoms with Crippen molar-refractivity contribution in [3.63, 3.8) is 0 Å². The number of aromatic nitrogens is 2. The van der Waals surface area contributed by atoms with E-state index in [1.54, 1.807) is 25.3 Å². The molecule has 0 aliphatic carbocycles. The molecule has 1 amide bonds. The maximum absolute atomic E-state index is 13.0. The molecule has 8 nitrogen and oxygen atoms in total. The molecule has 0 unspecified atom stereocenters. The Morgan fingerprint density at radius 2 is 1.65 bits per heavy atom. The zero-order valence-corrected chi connectivity index (χ0v) is 19.1. The summed E-state index contributed by atoms with van der Waals surface area (Å²) in [7, 11) is 3.71. The van der Waals surface area contributed by atoms with Crippen molar-refractivity contribution >= 4 is 29.3 Å². The minimum absolute atomic E-state index is 0.0673. The van der Waals surface area contributed by atoms with Crippen LogP contribution in [0.4, 0.5) is 11.8 Å². The molecule has 1 aromatic heterocycles. The van der Waals surface area contributed by atoms with E-state index in [0.29, 0.717) is 42.5 Å². The summed E-state index contributed by atoms with van der Waals surface area (Å²) in [6.07, 6.45) is 0. The van der Waals surface area contributed by atoms with Gasteiger partial charge in [0.05, 0.1) is 12.7 Å². The van der Waals surface area contributed by atoms with E-state index in [4.69, 9.17) is 21.3 Å². The van der Waals surface area contributed by atoms with E-state index in [-0.39, 0.29) is 5.91 Å². The van der Waals surface area contributed by atoms with Gasteiger partial charge < -0.3 is 24.3 Å². The topological polar surface area (TPSA) is 65.0 Å². The van der Waals surface area contributed by atoms with E-state index in [1.165, 1.54) is 0 Å². The van der Waals surface area contributed by atoms with Gasteiger partial charge >= 0.3 is 0 Å². The molecule has 0 saturated carbocycles. The van der Waals surface area contributed by atoms with Crippen molar-refractivity contribution in [2.45, 2.75) is 6.92 Å². The van der Waals surface area contributed by atoms with Crippen LogP contribution in [0.1, 0.15) is 16.1 Å². The highest BCUT2D eigenvalue weighted by atomic mass is 35.5. The molecule has 2 saturated heterocycles. The van der Waals surface area contributed by atoms with Gasteiger partial charge in [0, 0.05) is 69.1 Å². The van der Waals surface area contributed by atoms with Crippen LogP contribution in [0.3, 0.4) is 0 Å². The molecule has 9 heteroatoms. The smallest absolute Gasteiger partial charge is 0.257 e. The predicted molar refractivity (Wildman–Crippen MR) is 123 cm³/mol. The highest BCUT2D eigenvalue weighted by molar-refractivity contribution is 6.31. The van der Waals surface area contributed by atoms with Crippen molar-refractivity contribution in [3.8, 4) is 5.75 Å². The van der Waals surface area contributed by atoms with Crippen LogP contribution in [0, 0.1) is 6.92 Å². The van der Waals surface area contributed by atoms with Crippen molar-refractivity contribution in [1.82, 2.24) is 19.8 Å². The van der Waals surface area contributed by atoms with E-state index < -0.39 is 0 Å². The first kappa shape index (κ1) is 21.6. The molecule has 0 bridgehead atoms. The van der Waals surface area contributed by atoms with Crippen molar-refractivity contribution in [2.75, 3.05) is 76.3 Å². The lowest BCUT2D eigenvalue weighted by molar-refractivity contribution is 0.0743. The van der Waals surface area contributed by atoms with Gasteiger partial charge in [-0.15, -0.1) is 0 Å². The first-order chi connectivity index (χ1) is 14.9. The van der Waals surface area contributed by atoms with Crippen molar-refractivity contribution in [1.29, 1.82) is 0 Å². The zero-order valence-electron chi connectivity index (χ0n) is 18.3. The molecule has 166 valence electrons. The first-order valence-electron chi connectivity index (χ1n) is 10.6. The standard InChI is InChI=1S/C22H29ClN6O2/c1-16-14-20(27-8-6-26(2)7-9-27)25-22(24-16)29-12-10-28(11-13-29)21(30)18-15-17(23)4-5-19(18)31-3/h4-5,14-15H,6-13H2,1-3H3. The number of hydrogen-bond donors (Lipinski definition) is 0. The van der Waals surface area contributed by atoms with Crippen LogP contribution in [0.15, 0.2) is 24.3 Å². The summed E-state index contributed by atoms with van der Waals surface area (Å²) < 4.78 is 5.35. The molecule has 2 aromatic rings. The highest BCUT2D eigenvalue weighted by Gasteiger charge is 2.26. The Hall–Kier alpha value is -2.58. The lowest BCUT2D eigenvalue weighted by Crippen LogP contribution is -2.49. The number of hydrogen-bond acceptors (Lipinski definition) is 7. The third-order valence-corrected chi connectivity index (χ3v) is 6.13. The first-order valence-corrected chi connectivity index (χ1v) is 11.0. The second kappa shape index (κ2) is 9.28. The Labute approximate surface area is 188 Å². The molecule has 2 fully saturated rings. The molecule has 0 spiro atoms. The molecule has 1 aromatic carbocycles. The molecule has 2 aliphatic rings. The number of methoxy groups -OCH3 is 1. The average molecular weight is 445 g/mol. The van der Waals surface area contributed by atoms with Crippen LogP contribution < -0.4 is 14.5 Å². The van der Waals surface area contributed by atoms with E-state index in [0.717, 1.165) is 43.6 Å². The fourth-order valence-corrected chi connectivity index (χ4v) is 4.17. The second-order valence-corrected chi connectivity index (χ2v) is 8.52. The van der Waals surface area contributed by atoms with E-state index >= 15 is 0 Å². The number of amides is 1. The van der Waals surface area contributed by atoms with Gasteiger partial charge in [0.1, 0.15) is 11.6 Å². The number of carbonyl (C=O) groups excluding carboxylic acids is 1. The molecule has 0 radical (unpaired) electrons. The number of carbonyl (C=O) groups is 1.